The molecule has 0 fully saturated rings. The fourth-order valence-electron chi connectivity index (χ4n) is 1.26. The second-order valence-corrected chi connectivity index (χ2v) is 3.31. The van der Waals surface area contributed by atoms with Crippen LogP contribution in [0.5, 0.6) is 11.5 Å². The summed E-state index contributed by atoms with van der Waals surface area (Å²) >= 11 is 0. The van der Waals surface area contributed by atoms with Crippen molar-refractivity contribution in [2.45, 2.75) is 13.0 Å². The van der Waals surface area contributed by atoms with E-state index >= 15 is 0 Å². The summed E-state index contributed by atoms with van der Waals surface area (Å²) in [5.41, 5.74) is 0.472. The highest BCUT2D eigenvalue weighted by Crippen LogP contribution is 2.28. The zero-order valence-corrected chi connectivity index (χ0v) is 9.93. The maximum atomic E-state index is 11.2. The normalized spacial score (nSPS) is 11.5. The van der Waals surface area contributed by atoms with E-state index in [9.17, 15) is 9.59 Å². The number of methoxy groups -OCH3 is 2. The highest BCUT2D eigenvalue weighted by atomic mass is 16.6. The molecular formula is C12H14O5. The molecule has 0 spiro atoms. The minimum Gasteiger partial charge on any atom is -0.493 e. The van der Waals surface area contributed by atoms with Crippen LogP contribution in [-0.2, 0) is 9.53 Å². The van der Waals surface area contributed by atoms with E-state index in [4.69, 9.17) is 9.47 Å². The summed E-state index contributed by atoms with van der Waals surface area (Å²) in [6.45, 7) is 1.57. The van der Waals surface area contributed by atoms with Crippen LogP contribution in [0.2, 0.25) is 0 Å². The topological polar surface area (TPSA) is 61.8 Å². The van der Waals surface area contributed by atoms with Crippen LogP contribution in [0.4, 0.5) is 0 Å². The van der Waals surface area contributed by atoms with E-state index in [0.29, 0.717) is 23.3 Å². The Hall–Kier alpha value is -2.04. The van der Waals surface area contributed by atoms with E-state index in [1.807, 2.05) is 0 Å². The first-order valence-corrected chi connectivity index (χ1v) is 5.00. The lowest BCUT2D eigenvalue weighted by molar-refractivity contribution is -0.147. The van der Waals surface area contributed by atoms with Crippen molar-refractivity contribution in [1.29, 1.82) is 0 Å². The van der Waals surface area contributed by atoms with Gasteiger partial charge in [0.05, 0.1) is 14.2 Å². The zero-order valence-electron chi connectivity index (χ0n) is 9.93. The maximum absolute atomic E-state index is 11.2. The Morgan fingerprint density at radius 2 is 2.00 bits per heavy atom. The Morgan fingerprint density at radius 3 is 2.53 bits per heavy atom. The molecule has 0 unspecified atom stereocenters. The number of benzene rings is 1. The number of ether oxygens (including phenoxy) is 3. The SMILES string of the molecule is COC(=O)[C@H](C)Oc1ccc(C=O)cc1OC. The molecule has 0 aromatic heterocycles. The van der Waals surface area contributed by atoms with Crippen molar-refractivity contribution in [2.24, 2.45) is 0 Å². The van der Waals surface area contributed by atoms with Crippen LogP contribution in [-0.4, -0.2) is 32.6 Å². The summed E-state index contributed by atoms with van der Waals surface area (Å²) < 4.78 is 15.0. The van der Waals surface area contributed by atoms with Gasteiger partial charge in [-0.3, -0.25) is 4.79 Å². The van der Waals surface area contributed by atoms with Gasteiger partial charge in [-0.15, -0.1) is 0 Å². The number of carbonyl (C=O) groups excluding carboxylic acids is 2. The zero-order chi connectivity index (χ0) is 12.8. The summed E-state index contributed by atoms with van der Waals surface area (Å²) in [5, 5.41) is 0. The van der Waals surface area contributed by atoms with Crippen LogP contribution in [0.3, 0.4) is 0 Å². The molecule has 17 heavy (non-hydrogen) atoms. The second-order valence-electron chi connectivity index (χ2n) is 3.31. The van der Waals surface area contributed by atoms with Crippen LogP contribution in [0.1, 0.15) is 17.3 Å². The summed E-state index contributed by atoms with van der Waals surface area (Å²) in [7, 11) is 2.74. The third-order valence-corrected chi connectivity index (χ3v) is 2.16. The molecule has 1 atom stereocenters. The Morgan fingerprint density at radius 1 is 1.29 bits per heavy atom. The van der Waals surface area contributed by atoms with Gasteiger partial charge in [0.15, 0.2) is 17.6 Å². The van der Waals surface area contributed by atoms with Crippen LogP contribution < -0.4 is 9.47 Å². The van der Waals surface area contributed by atoms with Crippen molar-refractivity contribution >= 4 is 12.3 Å². The Labute approximate surface area is 99.3 Å². The minimum atomic E-state index is -0.740. The lowest BCUT2D eigenvalue weighted by Crippen LogP contribution is -2.25. The van der Waals surface area contributed by atoms with Gasteiger partial charge >= 0.3 is 5.97 Å². The molecule has 5 nitrogen and oxygen atoms in total. The number of rotatable bonds is 5. The van der Waals surface area contributed by atoms with Gasteiger partial charge in [0.25, 0.3) is 0 Å². The third-order valence-electron chi connectivity index (χ3n) is 2.16. The molecular weight excluding hydrogens is 224 g/mol. The largest absolute Gasteiger partial charge is 0.493 e. The lowest BCUT2D eigenvalue weighted by Gasteiger charge is -2.15. The molecule has 1 aromatic rings. The summed E-state index contributed by atoms with van der Waals surface area (Å²) in [6, 6.07) is 4.68. The van der Waals surface area contributed by atoms with E-state index < -0.39 is 12.1 Å². The van der Waals surface area contributed by atoms with Gasteiger partial charge in [-0.1, -0.05) is 0 Å². The van der Waals surface area contributed by atoms with Gasteiger partial charge in [-0.05, 0) is 25.1 Å². The van der Waals surface area contributed by atoms with E-state index in [1.54, 1.807) is 19.1 Å². The Balaban J connectivity index is 2.90. The van der Waals surface area contributed by atoms with Crippen LogP contribution in [0.25, 0.3) is 0 Å². The van der Waals surface area contributed by atoms with E-state index in [1.165, 1.54) is 20.3 Å². The molecule has 0 amide bonds. The van der Waals surface area contributed by atoms with Crippen molar-refractivity contribution in [3.63, 3.8) is 0 Å². The number of esters is 1. The smallest absolute Gasteiger partial charge is 0.346 e. The van der Waals surface area contributed by atoms with Gasteiger partial charge in [0, 0.05) is 5.56 Å². The molecule has 1 aromatic carbocycles. The average Bonchev–Trinajstić information content (AvgIpc) is 2.37. The molecule has 0 aliphatic heterocycles. The summed E-state index contributed by atoms with van der Waals surface area (Å²) in [6.07, 6.45) is -0.0354. The van der Waals surface area contributed by atoms with E-state index in [-0.39, 0.29) is 0 Å². The van der Waals surface area contributed by atoms with Crippen LogP contribution >= 0.6 is 0 Å². The molecule has 5 heteroatoms. The molecule has 0 aliphatic rings. The maximum Gasteiger partial charge on any atom is 0.346 e. The molecule has 92 valence electrons. The Bertz CT molecular complexity index is 413. The van der Waals surface area contributed by atoms with Crippen molar-refractivity contribution in [3.05, 3.63) is 23.8 Å². The second kappa shape index (κ2) is 5.89. The first kappa shape index (κ1) is 13.0. The van der Waals surface area contributed by atoms with E-state index in [2.05, 4.69) is 4.74 Å². The highest BCUT2D eigenvalue weighted by molar-refractivity contribution is 5.77. The monoisotopic (exact) mass is 238 g/mol. The van der Waals surface area contributed by atoms with Crippen molar-refractivity contribution in [3.8, 4) is 11.5 Å². The van der Waals surface area contributed by atoms with Gasteiger partial charge < -0.3 is 14.2 Å². The Kier molecular flexibility index (Phi) is 4.51. The van der Waals surface area contributed by atoms with Gasteiger partial charge in [0.2, 0.25) is 0 Å². The van der Waals surface area contributed by atoms with Gasteiger partial charge in [0.1, 0.15) is 6.29 Å². The van der Waals surface area contributed by atoms with Gasteiger partial charge in [-0.2, -0.15) is 0 Å². The van der Waals surface area contributed by atoms with Crippen LogP contribution in [0, 0.1) is 0 Å². The number of carbonyl (C=O) groups is 2. The molecule has 0 radical (unpaired) electrons. The fraction of sp³-hybridized carbons (Fsp3) is 0.333. The molecule has 0 heterocycles. The molecule has 0 saturated carbocycles. The van der Waals surface area contributed by atoms with Gasteiger partial charge in [-0.25, -0.2) is 4.79 Å². The first-order valence-electron chi connectivity index (χ1n) is 5.00. The molecule has 1 rings (SSSR count). The van der Waals surface area contributed by atoms with Crippen LogP contribution in [0.15, 0.2) is 18.2 Å². The lowest BCUT2D eigenvalue weighted by atomic mass is 10.2. The molecule has 0 saturated heterocycles. The average molecular weight is 238 g/mol. The van der Waals surface area contributed by atoms with Crippen molar-refractivity contribution in [2.75, 3.05) is 14.2 Å². The molecule has 0 bridgehead atoms. The van der Waals surface area contributed by atoms with E-state index in [0.717, 1.165) is 0 Å². The molecule has 0 N–H and O–H groups in total. The third kappa shape index (κ3) is 3.21. The van der Waals surface area contributed by atoms with Crippen molar-refractivity contribution < 1.29 is 23.8 Å². The predicted molar refractivity (Wildman–Crippen MR) is 60.5 cm³/mol. The first-order chi connectivity index (χ1) is 8.12. The summed E-state index contributed by atoms with van der Waals surface area (Å²) in [4.78, 5) is 21.8. The highest BCUT2D eigenvalue weighted by Gasteiger charge is 2.17. The van der Waals surface area contributed by atoms with Crippen molar-refractivity contribution in [1.82, 2.24) is 0 Å². The summed E-state index contributed by atoms with van der Waals surface area (Å²) in [5.74, 6) is 0.299. The number of hydrogen-bond acceptors (Lipinski definition) is 5. The molecule has 0 aliphatic carbocycles. The predicted octanol–water partition coefficient (Wildman–Crippen LogP) is 1.45. The fourth-order valence-corrected chi connectivity index (χ4v) is 1.26. The quantitative estimate of drug-likeness (QED) is 0.574. The minimum absolute atomic E-state index is 0.385. The number of aldehydes is 1. The number of hydrogen-bond donors (Lipinski definition) is 0. The standard InChI is InChI=1S/C12H14O5/c1-8(12(14)16-3)17-10-5-4-9(7-13)6-11(10)15-2/h4-8H,1-3H3/t8-/m0/s1.